The Labute approximate surface area is 113 Å². The second-order valence-corrected chi connectivity index (χ2v) is 4.95. The molecule has 0 bridgehead atoms. The second kappa shape index (κ2) is 6.18. The molecule has 100 valence electrons. The van der Waals surface area contributed by atoms with Crippen molar-refractivity contribution in [3.63, 3.8) is 0 Å². The van der Waals surface area contributed by atoms with Crippen molar-refractivity contribution in [2.24, 2.45) is 5.92 Å². The van der Waals surface area contributed by atoms with Crippen molar-refractivity contribution in [2.45, 2.75) is 20.4 Å². The molecule has 2 heterocycles. The van der Waals surface area contributed by atoms with Gasteiger partial charge in [-0.15, -0.1) is 0 Å². The summed E-state index contributed by atoms with van der Waals surface area (Å²) >= 11 is 0. The quantitative estimate of drug-likeness (QED) is 0.828. The highest BCUT2D eigenvalue weighted by atomic mass is 16.3. The van der Waals surface area contributed by atoms with Gasteiger partial charge in [-0.3, -0.25) is 9.78 Å². The lowest BCUT2D eigenvalue weighted by molar-refractivity contribution is 0.0722. The highest BCUT2D eigenvalue weighted by Crippen LogP contribution is 2.12. The van der Waals surface area contributed by atoms with Crippen LogP contribution in [-0.4, -0.2) is 22.3 Å². The average molecular weight is 258 g/mol. The zero-order chi connectivity index (χ0) is 13.7. The smallest absolute Gasteiger partial charge is 0.257 e. The number of aromatic nitrogens is 1. The lowest BCUT2D eigenvalue weighted by atomic mass is 10.1. The van der Waals surface area contributed by atoms with Crippen molar-refractivity contribution in [3.8, 4) is 0 Å². The number of furan rings is 1. The van der Waals surface area contributed by atoms with Crippen LogP contribution in [0.4, 0.5) is 0 Å². The minimum atomic E-state index is -0.000683. The van der Waals surface area contributed by atoms with Gasteiger partial charge in [-0.25, -0.2) is 0 Å². The minimum absolute atomic E-state index is 0.000683. The summed E-state index contributed by atoms with van der Waals surface area (Å²) in [6.07, 6.45) is 6.49. The summed E-state index contributed by atoms with van der Waals surface area (Å²) < 4.78 is 4.98. The molecule has 2 aromatic rings. The Kier molecular flexibility index (Phi) is 4.34. The van der Waals surface area contributed by atoms with Crippen LogP contribution in [0.5, 0.6) is 0 Å². The van der Waals surface area contributed by atoms with Gasteiger partial charge in [0.1, 0.15) is 6.26 Å². The maximum atomic E-state index is 12.4. The molecule has 0 aliphatic rings. The van der Waals surface area contributed by atoms with E-state index in [0.29, 0.717) is 24.6 Å². The van der Waals surface area contributed by atoms with Gasteiger partial charge in [0.25, 0.3) is 5.91 Å². The predicted octanol–water partition coefficient (Wildman–Crippen LogP) is 2.97. The van der Waals surface area contributed by atoms with Crippen molar-refractivity contribution in [1.82, 2.24) is 9.88 Å². The summed E-state index contributed by atoms with van der Waals surface area (Å²) in [4.78, 5) is 18.2. The molecular formula is C15H18N2O2. The van der Waals surface area contributed by atoms with E-state index in [-0.39, 0.29) is 5.91 Å². The molecule has 0 aromatic carbocycles. The monoisotopic (exact) mass is 258 g/mol. The summed E-state index contributed by atoms with van der Waals surface area (Å²) in [5, 5.41) is 0. The maximum Gasteiger partial charge on any atom is 0.257 e. The molecule has 0 fully saturated rings. The molecule has 0 saturated carbocycles. The third kappa shape index (κ3) is 3.68. The van der Waals surface area contributed by atoms with E-state index in [0.717, 1.165) is 5.56 Å². The van der Waals surface area contributed by atoms with Gasteiger partial charge in [-0.2, -0.15) is 0 Å². The first-order valence-electron chi connectivity index (χ1n) is 6.37. The van der Waals surface area contributed by atoms with Gasteiger partial charge in [-0.1, -0.05) is 13.8 Å². The van der Waals surface area contributed by atoms with E-state index in [1.807, 2.05) is 17.0 Å². The largest absolute Gasteiger partial charge is 0.472 e. The molecule has 2 rings (SSSR count). The van der Waals surface area contributed by atoms with Crippen LogP contribution in [0, 0.1) is 5.92 Å². The fourth-order valence-electron chi connectivity index (χ4n) is 1.94. The number of carbonyl (C=O) groups is 1. The Bertz CT molecular complexity index is 506. The molecule has 1 amide bonds. The first-order chi connectivity index (χ1) is 9.16. The molecule has 19 heavy (non-hydrogen) atoms. The van der Waals surface area contributed by atoms with Gasteiger partial charge in [0.05, 0.1) is 11.8 Å². The summed E-state index contributed by atoms with van der Waals surface area (Å²) in [5.41, 5.74) is 1.67. The maximum absolute atomic E-state index is 12.4. The SMILES string of the molecule is CC(C)CN(Cc1ccncc1)C(=O)c1ccoc1. The molecule has 0 saturated heterocycles. The summed E-state index contributed by atoms with van der Waals surface area (Å²) in [6, 6.07) is 5.55. The highest BCUT2D eigenvalue weighted by molar-refractivity contribution is 5.93. The van der Waals surface area contributed by atoms with Gasteiger partial charge in [-0.05, 0) is 29.7 Å². The third-order valence-corrected chi connectivity index (χ3v) is 2.76. The molecule has 0 aliphatic heterocycles. The normalized spacial score (nSPS) is 10.7. The van der Waals surface area contributed by atoms with Crippen molar-refractivity contribution >= 4 is 5.91 Å². The Hall–Kier alpha value is -2.10. The molecule has 2 aromatic heterocycles. The van der Waals surface area contributed by atoms with E-state index in [4.69, 9.17) is 4.42 Å². The van der Waals surface area contributed by atoms with Crippen molar-refractivity contribution in [2.75, 3.05) is 6.54 Å². The average Bonchev–Trinajstić information content (AvgIpc) is 2.91. The fourth-order valence-corrected chi connectivity index (χ4v) is 1.94. The van der Waals surface area contributed by atoms with E-state index in [9.17, 15) is 4.79 Å². The van der Waals surface area contributed by atoms with Crippen LogP contribution >= 0.6 is 0 Å². The first-order valence-corrected chi connectivity index (χ1v) is 6.37. The highest BCUT2D eigenvalue weighted by Gasteiger charge is 2.18. The van der Waals surface area contributed by atoms with Crippen molar-refractivity contribution < 1.29 is 9.21 Å². The lowest BCUT2D eigenvalue weighted by Gasteiger charge is -2.24. The van der Waals surface area contributed by atoms with Crippen molar-refractivity contribution in [1.29, 1.82) is 0 Å². The number of hydrogen-bond donors (Lipinski definition) is 0. The van der Waals surface area contributed by atoms with E-state index in [1.165, 1.54) is 12.5 Å². The van der Waals surface area contributed by atoms with Crippen LogP contribution in [0.25, 0.3) is 0 Å². The zero-order valence-electron chi connectivity index (χ0n) is 11.2. The number of pyridine rings is 1. The zero-order valence-corrected chi connectivity index (χ0v) is 11.2. The van der Waals surface area contributed by atoms with Gasteiger partial charge < -0.3 is 9.32 Å². The van der Waals surface area contributed by atoms with Gasteiger partial charge >= 0.3 is 0 Å². The van der Waals surface area contributed by atoms with Gasteiger partial charge in [0, 0.05) is 25.5 Å². The topological polar surface area (TPSA) is 46.3 Å². The van der Waals surface area contributed by atoms with Gasteiger partial charge in [0.15, 0.2) is 0 Å². The molecule has 0 N–H and O–H groups in total. The summed E-state index contributed by atoms with van der Waals surface area (Å²) in [6.45, 7) is 5.50. The molecule has 0 atom stereocenters. The number of hydrogen-bond acceptors (Lipinski definition) is 3. The lowest BCUT2D eigenvalue weighted by Crippen LogP contribution is -2.33. The Balaban J connectivity index is 2.14. The minimum Gasteiger partial charge on any atom is -0.472 e. The first kappa shape index (κ1) is 13.3. The number of nitrogens with zero attached hydrogens (tertiary/aromatic N) is 2. The number of amides is 1. The van der Waals surface area contributed by atoms with Crippen LogP contribution in [0.1, 0.15) is 29.8 Å². The standard InChI is InChI=1S/C15H18N2O2/c1-12(2)9-17(10-13-3-6-16-7-4-13)15(18)14-5-8-19-11-14/h3-8,11-12H,9-10H2,1-2H3. The second-order valence-electron chi connectivity index (χ2n) is 4.95. The molecule has 0 aliphatic carbocycles. The third-order valence-electron chi connectivity index (χ3n) is 2.76. The Morgan fingerprint density at radius 2 is 2.05 bits per heavy atom. The van der Waals surface area contributed by atoms with Crippen LogP contribution < -0.4 is 0 Å². The van der Waals surface area contributed by atoms with Crippen molar-refractivity contribution in [3.05, 3.63) is 54.2 Å². The molecule has 0 radical (unpaired) electrons. The molecule has 4 heteroatoms. The Morgan fingerprint density at radius 3 is 2.63 bits per heavy atom. The molecular weight excluding hydrogens is 240 g/mol. The molecule has 4 nitrogen and oxygen atoms in total. The summed E-state index contributed by atoms with van der Waals surface area (Å²) in [5.74, 6) is 0.414. The van der Waals surface area contributed by atoms with E-state index >= 15 is 0 Å². The van der Waals surface area contributed by atoms with E-state index in [1.54, 1.807) is 18.5 Å². The van der Waals surface area contributed by atoms with Crippen LogP contribution in [0.3, 0.4) is 0 Å². The van der Waals surface area contributed by atoms with Crippen LogP contribution in [0.15, 0.2) is 47.5 Å². The Morgan fingerprint density at radius 1 is 1.32 bits per heavy atom. The molecule has 0 spiro atoms. The van der Waals surface area contributed by atoms with Gasteiger partial charge in [0.2, 0.25) is 0 Å². The van der Waals surface area contributed by atoms with E-state index in [2.05, 4.69) is 18.8 Å². The van der Waals surface area contributed by atoms with E-state index < -0.39 is 0 Å². The van der Waals surface area contributed by atoms with Crippen LogP contribution in [0.2, 0.25) is 0 Å². The number of rotatable bonds is 5. The summed E-state index contributed by atoms with van der Waals surface area (Å²) in [7, 11) is 0. The number of carbonyl (C=O) groups excluding carboxylic acids is 1. The fraction of sp³-hybridized carbons (Fsp3) is 0.333. The molecule has 0 unspecified atom stereocenters. The van der Waals surface area contributed by atoms with Crippen LogP contribution in [-0.2, 0) is 6.54 Å². The predicted molar refractivity (Wildman–Crippen MR) is 72.5 cm³/mol.